The van der Waals surface area contributed by atoms with Crippen LogP contribution in [0.5, 0.6) is 0 Å². The van der Waals surface area contributed by atoms with Gasteiger partial charge in [-0.1, -0.05) is 0 Å². The second kappa shape index (κ2) is 6.03. The lowest BCUT2D eigenvalue weighted by molar-refractivity contribution is 0.119. The summed E-state index contributed by atoms with van der Waals surface area (Å²) in [4.78, 5) is 10.4. The Kier molecular flexibility index (Phi) is 5.36. The van der Waals surface area contributed by atoms with Crippen LogP contribution in [0.4, 0.5) is 4.79 Å². The van der Waals surface area contributed by atoms with Gasteiger partial charge in [0.2, 0.25) is 0 Å². The number of hydrogen-bond donors (Lipinski definition) is 2. The first-order valence-corrected chi connectivity index (χ1v) is 2.82. The Balaban J connectivity index is 3.25. The summed E-state index contributed by atoms with van der Waals surface area (Å²) in [6, 6.07) is 0. The van der Waals surface area contributed by atoms with Crippen LogP contribution in [0.3, 0.4) is 0 Å². The van der Waals surface area contributed by atoms with Gasteiger partial charge in [-0.25, -0.2) is 10.2 Å². The summed E-state index contributed by atoms with van der Waals surface area (Å²) >= 11 is 0. The molecule has 5 heteroatoms. The molecule has 0 aliphatic carbocycles. The van der Waals surface area contributed by atoms with E-state index in [4.69, 9.17) is 5.11 Å². The van der Waals surface area contributed by atoms with Gasteiger partial charge in [-0.3, -0.25) is 0 Å². The molecular formula is C5H10N2O3. The van der Waals surface area contributed by atoms with Crippen LogP contribution in [0.25, 0.3) is 0 Å². The topological polar surface area (TPSA) is 70.9 Å². The lowest BCUT2D eigenvalue weighted by Gasteiger charge is -1.98. The van der Waals surface area contributed by atoms with Gasteiger partial charge in [0.05, 0.1) is 6.61 Å². The van der Waals surface area contributed by atoms with Crippen molar-refractivity contribution in [3.05, 3.63) is 0 Å². The minimum absolute atomic E-state index is 0.00886. The number of carbonyl (C=O) groups is 1. The molecule has 1 amide bonds. The molecule has 5 nitrogen and oxygen atoms in total. The van der Waals surface area contributed by atoms with E-state index in [0.29, 0.717) is 0 Å². The third-order valence-corrected chi connectivity index (χ3v) is 0.609. The van der Waals surface area contributed by atoms with Gasteiger partial charge in [0.25, 0.3) is 0 Å². The van der Waals surface area contributed by atoms with Crippen LogP contribution in [-0.2, 0) is 4.74 Å². The van der Waals surface area contributed by atoms with Crippen molar-refractivity contribution < 1.29 is 14.6 Å². The number of hydrogen-bond acceptors (Lipinski definition) is 4. The molecule has 0 heterocycles. The highest BCUT2D eigenvalue weighted by atomic mass is 16.6. The molecule has 0 saturated heterocycles. The average Bonchev–Trinajstić information content (AvgIpc) is 1.97. The molecule has 0 aromatic rings. The van der Waals surface area contributed by atoms with Crippen molar-refractivity contribution in [2.75, 3.05) is 13.2 Å². The van der Waals surface area contributed by atoms with Crippen molar-refractivity contribution in [1.82, 2.24) is 5.43 Å². The fraction of sp³-hybridized carbons (Fsp3) is 0.600. The van der Waals surface area contributed by atoms with E-state index >= 15 is 0 Å². The van der Waals surface area contributed by atoms with Gasteiger partial charge in [0.1, 0.15) is 6.61 Å². The SMILES string of the molecule is CC=NNC(=O)OCCO. The Morgan fingerprint density at radius 2 is 2.60 bits per heavy atom. The van der Waals surface area contributed by atoms with Crippen molar-refractivity contribution in [2.24, 2.45) is 5.10 Å². The average molecular weight is 146 g/mol. The molecule has 0 radical (unpaired) electrons. The number of rotatable bonds is 3. The molecule has 0 aromatic carbocycles. The standard InChI is InChI=1S/C5H10N2O3/c1-2-6-7-5(9)10-4-3-8/h2,8H,3-4H2,1H3,(H,7,9). The van der Waals surface area contributed by atoms with Crippen LogP contribution in [0.15, 0.2) is 5.10 Å². The number of hydrazone groups is 1. The Bertz CT molecular complexity index is 124. The fourth-order valence-corrected chi connectivity index (χ4v) is 0.288. The molecule has 10 heavy (non-hydrogen) atoms. The molecule has 0 aliphatic rings. The van der Waals surface area contributed by atoms with E-state index < -0.39 is 6.09 Å². The summed E-state index contributed by atoms with van der Waals surface area (Å²) in [7, 11) is 0. The lowest BCUT2D eigenvalue weighted by Crippen LogP contribution is -2.20. The number of amides is 1. The Morgan fingerprint density at radius 3 is 3.10 bits per heavy atom. The molecule has 0 rings (SSSR count). The van der Waals surface area contributed by atoms with Crippen LogP contribution < -0.4 is 5.43 Å². The van der Waals surface area contributed by atoms with Crippen molar-refractivity contribution in [3.63, 3.8) is 0 Å². The van der Waals surface area contributed by atoms with Crippen LogP contribution in [0, 0.1) is 0 Å². The van der Waals surface area contributed by atoms with Gasteiger partial charge >= 0.3 is 6.09 Å². The van der Waals surface area contributed by atoms with E-state index in [1.165, 1.54) is 6.21 Å². The van der Waals surface area contributed by atoms with Crippen molar-refractivity contribution in [2.45, 2.75) is 6.92 Å². The van der Waals surface area contributed by atoms with E-state index in [-0.39, 0.29) is 13.2 Å². The maximum Gasteiger partial charge on any atom is 0.427 e. The maximum absolute atomic E-state index is 10.4. The van der Waals surface area contributed by atoms with Crippen LogP contribution >= 0.6 is 0 Å². The lowest BCUT2D eigenvalue weighted by atomic mass is 10.8. The molecule has 0 atom stereocenters. The zero-order chi connectivity index (χ0) is 7.82. The number of carbonyl (C=O) groups excluding carboxylic acids is 1. The number of ether oxygens (including phenoxy) is 1. The molecule has 0 aromatic heterocycles. The minimum atomic E-state index is -0.660. The van der Waals surface area contributed by atoms with Gasteiger partial charge < -0.3 is 9.84 Å². The quantitative estimate of drug-likeness (QED) is 0.424. The number of nitrogens with one attached hydrogen (secondary N) is 1. The zero-order valence-corrected chi connectivity index (χ0v) is 5.70. The Labute approximate surface area is 58.7 Å². The van der Waals surface area contributed by atoms with E-state index in [0.717, 1.165) is 0 Å². The zero-order valence-electron chi connectivity index (χ0n) is 5.70. The van der Waals surface area contributed by atoms with Crippen molar-refractivity contribution in [1.29, 1.82) is 0 Å². The highest BCUT2D eigenvalue weighted by Gasteiger charge is 1.95. The summed E-state index contributed by atoms with van der Waals surface area (Å²) < 4.78 is 4.38. The normalized spacial score (nSPS) is 9.80. The Hall–Kier alpha value is -1.10. The van der Waals surface area contributed by atoms with E-state index in [2.05, 4.69) is 15.3 Å². The third kappa shape index (κ3) is 5.04. The minimum Gasteiger partial charge on any atom is -0.446 e. The summed E-state index contributed by atoms with van der Waals surface area (Å²) in [5.41, 5.74) is 2.06. The smallest absolute Gasteiger partial charge is 0.427 e. The van der Waals surface area contributed by atoms with Crippen LogP contribution in [0.2, 0.25) is 0 Å². The summed E-state index contributed by atoms with van der Waals surface area (Å²) in [6.45, 7) is 1.47. The second-order valence-corrected chi connectivity index (χ2v) is 1.36. The van der Waals surface area contributed by atoms with E-state index in [1.807, 2.05) is 0 Å². The molecule has 0 unspecified atom stereocenters. The van der Waals surface area contributed by atoms with E-state index in [9.17, 15) is 4.79 Å². The van der Waals surface area contributed by atoms with Crippen LogP contribution in [0.1, 0.15) is 6.92 Å². The first-order valence-electron chi connectivity index (χ1n) is 2.82. The molecule has 2 N–H and O–H groups in total. The number of nitrogens with zero attached hydrogens (tertiary/aromatic N) is 1. The number of aliphatic hydroxyl groups is 1. The molecule has 0 saturated carbocycles. The predicted molar refractivity (Wildman–Crippen MR) is 35.7 cm³/mol. The highest BCUT2D eigenvalue weighted by Crippen LogP contribution is 1.74. The van der Waals surface area contributed by atoms with Crippen molar-refractivity contribution in [3.8, 4) is 0 Å². The predicted octanol–water partition coefficient (Wildman–Crippen LogP) is -0.289. The van der Waals surface area contributed by atoms with Gasteiger partial charge in [-0.2, -0.15) is 5.10 Å². The number of aliphatic hydroxyl groups excluding tert-OH is 1. The molecule has 0 fully saturated rings. The first-order chi connectivity index (χ1) is 4.81. The summed E-state index contributed by atoms with van der Waals surface area (Å²) in [6.07, 6.45) is 0.757. The molecule has 0 bridgehead atoms. The fourth-order valence-electron chi connectivity index (χ4n) is 0.288. The third-order valence-electron chi connectivity index (χ3n) is 0.609. The van der Waals surface area contributed by atoms with Gasteiger partial charge in [0.15, 0.2) is 0 Å². The van der Waals surface area contributed by atoms with Gasteiger partial charge in [-0.15, -0.1) is 0 Å². The largest absolute Gasteiger partial charge is 0.446 e. The molecule has 0 spiro atoms. The highest BCUT2D eigenvalue weighted by molar-refractivity contribution is 5.68. The van der Waals surface area contributed by atoms with Gasteiger partial charge in [0, 0.05) is 6.21 Å². The molecule has 58 valence electrons. The summed E-state index contributed by atoms with van der Waals surface area (Å²) in [5.74, 6) is 0. The monoisotopic (exact) mass is 146 g/mol. The van der Waals surface area contributed by atoms with E-state index in [1.54, 1.807) is 6.92 Å². The van der Waals surface area contributed by atoms with Crippen molar-refractivity contribution >= 4 is 12.3 Å². The Morgan fingerprint density at radius 1 is 1.90 bits per heavy atom. The summed E-state index contributed by atoms with van der Waals surface area (Å²) in [5, 5.41) is 11.6. The molecular weight excluding hydrogens is 136 g/mol. The second-order valence-electron chi connectivity index (χ2n) is 1.36. The molecule has 0 aliphatic heterocycles. The van der Waals surface area contributed by atoms with Crippen LogP contribution in [-0.4, -0.2) is 30.6 Å². The van der Waals surface area contributed by atoms with Gasteiger partial charge in [-0.05, 0) is 6.92 Å². The maximum atomic E-state index is 10.4. The first kappa shape index (κ1) is 8.90.